The van der Waals surface area contributed by atoms with Crippen LogP contribution in [-0.2, 0) is 4.79 Å². The molecule has 21 heavy (non-hydrogen) atoms. The molecule has 0 unspecified atom stereocenters. The van der Waals surface area contributed by atoms with Crippen molar-refractivity contribution in [1.29, 1.82) is 0 Å². The van der Waals surface area contributed by atoms with E-state index in [1.807, 2.05) is 48.5 Å². The molecule has 0 atom stereocenters. The number of H-pyrrole nitrogens is 1. The number of imidazole rings is 1. The van der Waals surface area contributed by atoms with E-state index in [2.05, 4.69) is 15.3 Å². The lowest BCUT2D eigenvalue weighted by atomic mass is 10.1. The number of hydrogen-bond acceptors (Lipinski definition) is 3. The molecule has 3 rings (SSSR count). The standard InChI is InChI=1S/C16H13N3O2/c20-15(21)10-9-11-5-1-2-6-12(11)17-16-18-13-7-3-4-8-14(13)19-16/h1-10H,(H,20,21)(H2,17,18,19). The van der Waals surface area contributed by atoms with Crippen molar-refractivity contribution in [2.45, 2.75) is 0 Å². The molecule has 0 bridgehead atoms. The number of aromatic nitrogens is 2. The number of carboxylic acids is 1. The van der Waals surface area contributed by atoms with E-state index in [0.29, 0.717) is 5.95 Å². The van der Waals surface area contributed by atoms with Crippen molar-refractivity contribution in [3.8, 4) is 0 Å². The van der Waals surface area contributed by atoms with Gasteiger partial charge in [-0.05, 0) is 29.8 Å². The summed E-state index contributed by atoms with van der Waals surface area (Å²) in [6.07, 6.45) is 2.66. The van der Waals surface area contributed by atoms with E-state index in [-0.39, 0.29) is 0 Å². The third-order valence-electron chi connectivity index (χ3n) is 3.01. The number of rotatable bonds is 4. The van der Waals surface area contributed by atoms with Gasteiger partial charge in [-0.25, -0.2) is 9.78 Å². The summed E-state index contributed by atoms with van der Waals surface area (Å²) in [5, 5.41) is 11.9. The van der Waals surface area contributed by atoms with Gasteiger partial charge in [0.2, 0.25) is 5.95 Å². The Hall–Kier alpha value is -3.08. The van der Waals surface area contributed by atoms with Crippen molar-refractivity contribution in [1.82, 2.24) is 9.97 Å². The maximum Gasteiger partial charge on any atom is 0.328 e. The second-order valence-electron chi connectivity index (χ2n) is 4.49. The number of para-hydroxylation sites is 3. The van der Waals surface area contributed by atoms with Gasteiger partial charge in [0.25, 0.3) is 0 Å². The van der Waals surface area contributed by atoms with Crippen molar-refractivity contribution < 1.29 is 9.90 Å². The molecule has 0 amide bonds. The monoisotopic (exact) mass is 279 g/mol. The molecule has 1 heterocycles. The predicted octanol–water partition coefficient (Wildman–Crippen LogP) is 3.40. The van der Waals surface area contributed by atoms with Crippen LogP contribution in [0.1, 0.15) is 5.56 Å². The maximum absolute atomic E-state index is 10.6. The Balaban J connectivity index is 1.92. The summed E-state index contributed by atoms with van der Waals surface area (Å²) in [5.74, 6) is -0.360. The summed E-state index contributed by atoms with van der Waals surface area (Å²) in [4.78, 5) is 18.2. The zero-order chi connectivity index (χ0) is 14.7. The van der Waals surface area contributed by atoms with Gasteiger partial charge >= 0.3 is 5.97 Å². The van der Waals surface area contributed by atoms with Crippen molar-refractivity contribution >= 4 is 34.7 Å². The zero-order valence-corrected chi connectivity index (χ0v) is 11.1. The van der Waals surface area contributed by atoms with Gasteiger partial charge in [-0.2, -0.15) is 0 Å². The van der Waals surface area contributed by atoms with E-state index in [9.17, 15) is 4.79 Å². The molecule has 0 aliphatic heterocycles. The van der Waals surface area contributed by atoms with Crippen LogP contribution in [-0.4, -0.2) is 21.0 Å². The highest BCUT2D eigenvalue weighted by Crippen LogP contribution is 2.22. The Morgan fingerprint density at radius 3 is 2.71 bits per heavy atom. The number of carboxylic acid groups (broad SMARTS) is 1. The third kappa shape index (κ3) is 2.92. The number of hydrogen-bond donors (Lipinski definition) is 3. The van der Waals surface area contributed by atoms with Crippen LogP contribution in [0, 0.1) is 0 Å². The van der Waals surface area contributed by atoms with Crippen LogP contribution >= 0.6 is 0 Å². The first-order chi connectivity index (χ1) is 10.2. The summed E-state index contributed by atoms with van der Waals surface area (Å²) in [5.41, 5.74) is 3.38. The van der Waals surface area contributed by atoms with Crippen molar-refractivity contribution in [3.05, 3.63) is 60.2 Å². The SMILES string of the molecule is O=C(O)C=Cc1ccccc1Nc1nc2ccccc2[nH]1. The first-order valence-corrected chi connectivity index (χ1v) is 6.44. The number of anilines is 2. The fraction of sp³-hybridized carbons (Fsp3) is 0. The third-order valence-corrected chi connectivity index (χ3v) is 3.01. The fourth-order valence-corrected chi connectivity index (χ4v) is 2.06. The van der Waals surface area contributed by atoms with Crippen LogP contribution in [0.15, 0.2) is 54.6 Å². The molecule has 0 aliphatic rings. The number of benzene rings is 2. The molecular formula is C16H13N3O2. The molecule has 5 heteroatoms. The van der Waals surface area contributed by atoms with Crippen molar-refractivity contribution in [3.63, 3.8) is 0 Å². The average Bonchev–Trinajstić information content (AvgIpc) is 2.88. The summed E-state index contributed by atoms with van der Waals surface area (Å²) in [7, 11) is 0. The molecule has 1 aromatic heterocycles. The molecule has 2 aromatic carbocycles. The molecule has 0 fully saturated rings. The van der Waals surface area contributed by atoms with Crippen LogP contribution < -0.4 is 5.32 Å². The molecule has 104 valence electrons. The van der Waals surface area contributed by atoms with Crippen LogP contribution in [0.3, 0.4) is 0 Å². The normalized spacial score (nSPS) is 11.0. The average molecular weight is 279 g/mol. The fourth-order valence-electron chi connectivity index (χ4n) is 2.06. The van der Waals surface area contributed by atoms with Gasteiger partial charge in [0.1, 0.15) is 0 Å². The van der Waals surface area contributed by atoms with E-state index in [4.69, 9.17) is 5.11 Å². The largest absolute Gasteiger partial charge is 0.478 e. The minimum absolute atomic E-state index is 0.618. The van der Waals surface area contributed by atoms with Crippen LogP contribution in [0.5, 0.6) is 0 Å². The summed E-state index contributed by atoms with van der Waals surface area (Å²) < 4.78 is 0. The molecule has 0 spiro atoms. The minimum Gasteiger partial charge on any atom is -0.478 e. The molecule has 3 N–H and O–H groups in total. The van der Waals surface area contributed by atoms with Crippen LogP contribution in [0.4, 0.5) is 11.6 Å². The lowest BCUT2D eigenvalue weighted by Gasteiger charge is -2.06. The quantitative estimate of drug-likeness (QED) is 0.639. The Labute approximate surface area is 121 Å². The van der Waals surface area contributed by atoms with Gasteiger partial charge in [0.15, 0.2) is 0 Å². The van der Waals surface area contributed by atoms with Gasteiger partial charge in [-0.1, -0.05) is 30.3 Å². The maximum atomic E-state index is 10.6. The number of aliphatic carboxylic acids is 1. The van der Waals surface area contributed by atoms with Crippen LogP contribution in [0.2, 0.25) is 0 Å². The number of nitrogens with one attached hydrogen (secondary N) is 2. The first kappa shape index (κ1) is 12.9. The van der Waals surface area contributed by atoms with Gasteiger partial charge in [0.05, 0.1) is 11.0 Å². The summed E-state index contributed by atoms with van der Waals surface area (Å²) >= 11 is 0. The van der Waals surface area contributed by atoms with E-state index >= 15 is 0 Å². The Kier molecular flexibility index (Phi) is 3.39. The van der Waals surface area contributed by atoms with Crippen LogP contribution in [0.25, 0.3) is 17.1 Å². The minimum atomic E-state index is -0.978. The van der Waals surface area contributed by atoms with Crippen molar-refractivity contribution in [2.75, 3.05) is 5.32 Å². The van der Waals surface area contributed by atoms with E-state index < -0.39 is 5.97 Å². The number of carbonyl (C=O) groups is 1. The molecule has 5 nitrogen and oxygen atoms in total. The van der Waals surface area contributed by atoms with Crippen molar-refractivity contribution in [2.24, 2.45) is 0 Å². The van der Waals surface area contributed by atoms with E-state index in [0.717, 1.165) is 28.4 Å². The van der Waals surface area contributed by atoms with Gasteiger partial charge < -0.3 is 15.4 Å². The number of nitrogens with zero attached hydrogens (tertiary/aromatic N) is 1. The molecule has 0 aliphatic carbocycles. The second-order valence-corrected chi connectivity index (χ2v) is 4.49. The molecule has 0 saturated carbocycles. The van der Waals surface area contributed by atoms with E-state index in [1.165, 1.54) is 0 Å². The lowest BCUT2D eigenvalue weighted by molar-refractivity contribution is -0.131. The smallest absolute Gasteiger partial charge is 0.328 e. The topological polar surface area (TPSA) is 78.0 Å². The first-order valence-electron chi connectivity index (χ1n) is 6.44. The van der Waals surface area contributed by atoms with Gasteiger partial charge in [0, 0.05) is 11.8 Å². The number of fused-ring (bicyclic) bond motifs is 1. The molecule has 0 radical (unpaired) electrons. The van der Waals surface area contributed by atoms with Gasteiger partial charge in [-0.3, -0.25) is 0 Å². The molecule has 3 aromatic rings. The second kappa shape index (κ2) is 5.50. The Morgan fingerprint density at radius 2 is 1.90 bits per heavy atom. The van der Waals surface area contributed by atoms with E-state index in [1.54, 1.807) is 6.08 Å². The number of aromatic amines is 1. The highest BCUT2D eigenvalue weighted by Gasteiger charge is 2.04. The predicted molar refractivity (Wildman–Crippen MR) is 82.5 cm³/mol. The summed E-state index contributed by atoms with van der Waals surface area (Å²) in [6.45, 7) is 0. The Morgan fingerprint density at radius 1 is 1.14 bits per heavy atom. The zero-order valence-electron chi connectivity index (χ0n) is 11.1. The van der Waals surface area contributed by atoms with Gasteiger partial charge in [-0.15, -0.1) is 0 Å². The highest BCUT2D eigenvalue weighted by atomic mass is 16.4. The molecular weight excluding hydrogens is 266 g/mol. The molecule has 0 saturated heterocycles. The highest BCUT2D eigenvalue weighted by molar-refractivity contribution is 5.87. The lowest BCUT2D eigenvalue weighted by Crippen LogP contribution is -1.95. The summed E-state index contributed by atoms with van der Waals surface area (Å²) in [6, 6.07) is 15.2. The Bertz CT molecular complexity index is 788.